The highest BCUT2D eigenvalue weighted by Crippen LogP contribution is 2.32. The molecule has 0 bridgehead atoms. The maximum Gasteiger partial charge on any atom is 0.244 e. The molecule has 0 aliphatic heterocycles. The Kier molecular flexibility index (Phi) is 6.62. The van der Waals surface area contributed by atoms with Crippen LogP contribution in [-0.2, 0) is 21.2 Å². The monoisotopic (exact) mass is 482 g/mol. The number of methoxy groups -OCH3 is 2. The molecule has 0 radical (unpaired) electrons. The third kappa shape index (κ3) is 5.15. The lowest BCUT2D eigenvalue weighted by molar-refractivity contribution is -0.116. The Bertz CT molecular complexity index is 1370. The van der Waals surface area contributed by atoms with Crippen LogP contribution in [0.5, 0.6) is 11.5 Å². The number of aromatic nitrogens is 1. The molecule has 0 atom stereocenters. The van der Waals surface area contributed by atoms with E-state index in [0.29, 0.717) is 22.1 Å². The minimum atomic E-state index is -3.86. The number of hydrogen-bond donors (Lipinski definition) is 0. The van der Waals surface area contributed by atoms with Crippen molar-refractivity contribution >= 4 is 42.4 Å². The highest BCUT2D eigenvalue weighted by atomic mass is 32.2. The third-order valence-corrected chi connectivity index (χ3v) is 7.69. The Morgan fingerprint density at radius 1 is 0.939 bits per heavy atom. The van der Waals surface area contributed by atoms with Gasteiger partial charge in [0.25, 0.3) is 0 Å². The van der Waals surface area contributed by atoms with Gasteiger partial charge in [-0.1, -0.05) is 41.7 Å². The first-order valence-corrected chi connectivity index (χ1v) is 12.5. The van der Waals surface area contributed by atoms with Gasteiger partial charge in [0.15, 0.2) is 15.0 Å². The van der Waals surface area contributed by atoms with E-state index in [1.54, 1.807) is 25.3 Å². The average Bonchev–Trinajstić information content (AvgIpc) is 3.25. The second-order valence-electron chi connectivity index (χ2n) is 7.23. The third-order valence-electron chi connectivity index (χ3n) is 5.03. The summed E-state index contributed by atoms with van der Waals surface area (Å²) in [6.07, 6.45) is 0. The summed E-state index contributed by atoms with van der Waals surface area (Å²) in [5.41, 5.74) is 1.57. The van der Waals surface area contributed by atoms with Crippen LogP contribution < -0.4 is 14.4 Å². The fourth-order valence-electron chi connectivity index (χ4n) is 3.27. The molecule has 0 saturated heterocycles. The number of ether oxygens (including phenoxy) is 2. The molecule has 1 heterocycles. The molecule has 3 aromatic carbocycles. The van der Waals surface area contributed by atoms with Gasteiger partial charge < -0.3 is 9.47 Å². The van der Waals surface area contributed by atoms with E-state index in [-0.39, 0.29) is 11.4 Å². The molecule has 1 amide bonds. The molecule has 0 N–H and O–H groups in total. The van der Waals surface area contributed by atoms with Crippen LogP contribution in [0, 0.1) is 0 Å². The number of fused-ring (bicyclic) bond motifs is 1. The molecular weight excluding hydrogens is 460 g/mol. The van der Waals surface area contributed by atoms with Crippen molar-refractivity contribution < 1.29 is 22.7 Å². The van der Waals surface area contributed by atoms with Gasteiger partial charge in [-0.05, 0) is 48.0 Å². The summed E-state index contributed by atoms with van der Waals surface area (Å²) < 4.78 is 37.1. The number of anilines is 1. The van der Waals surface area contributed by atoms with Crippen LogP contribution in [0.15, 0.2) is 77.7 Å². The first kappa shape index (κ1) is 22.8. The van der Waals surface area contributed by atoms with Gasteiger partial charge in [-0.15, -0.1) is 0 Å². The first-order chi connectivity index (χ1) is 15.9. The normalized spacial score (nSPS) is 11.3. The van der Waals surface area contributed by atoms with E-state index >= 15 is 0 Å². The summed E-state index contributed by atoms with van der Waals surface area (Å²) in [7, 11) is -0.777. The fraction of sp³-hybridized carbons (Fsp3) is 0.167. The Balaban J connectivity index is 1.67. The first-order valence-electron chi connectivity index (χ1n) is 10.1. The summed E-state index contributed by atoms with van der Waals surface area (Å²) in [5.74, 6) is -0.0110. The Morgan fingerprint density at radius 3 is 2.27 bits per heavy atom. The minimum Gasteiger partial charge on any atom is -0.497 e. The predicted octanol–water partition coefficient (Wildman–Crippen LogP) is 4.32. The number of hydrogen-bond acceptors (Lipinski definition) is 7. The van der Waals surface area contributed by atoms with Gasteiger partial charge in [-0.3, -0.25) is 9.69 Å². The number of thiazole rings is 1. The standard InChI is InChI=1S/C24H22N2O5S2/c1-30-18-8-11-20(12-9-18)33(28,29)16-23(27)26(15-17-6-4-3-5-7-17)24-25-21-13-10-19(31-2)14-22(21)32-24/h3-14H,15-16H2,1-2H3. The topological polar surface area (TPSA) is 85.8 Å². The quantitative estimate of drug-likeness (QED) is 0.372. The number of benzene rings is 3. The Labute approximate surface area is 196 Å². The molecule has 0 aliphatic carbocycles. The van der Waals surface area contributed by atoms with E-state index in [1.807, 2.05) is 42.5 Å². The molecule has 0 aliphatic rings. The number of nitrogens with zero attached hydrogens (tertiary/aromatic N) is 2. The number of carbonyl (C=O) groups is 1. The lowest BCUT2D eigenvalue weighted by Gasteiger charge is -2.20. The zero-order valence-corrected chi connectivity index (χ0v) is 19.7. The highest BCUT2D eigenvalue weighted by Gasteiger charge is 2.27. The molecule has 170 valence electrons. The maximum atomic E-state index is 13.3. The van der Waals surface area contributed by atoms with Crippen LogP contribution in [0.25, 0.3) is 10.2 Å². The van der Waals surface area contributed by atoms with Gasteiger partial charge in [-0.2, -0.15) is 0 Å². The van der Waals surface area contributed by atoms with E-state index < -0.39 is 21.5 Å². The van der Waals surface area contributed by atoms with Crippen molar-refractivity contribution in [1.82, 2.24) is 4.98 Å². The largest absolute Gasteiger partial charge is 0.497 e. The second-order valence-corrected chi connectivity index (χ2v) is 10.2. The lowest BCUT2D eigenvalue weighted by Crippen LogP contribution is -2.35. The zero-order valence-electron chi connectivity index (χ0n) is 18.1. The van der Waals surface area contributed by atoms with Gasteiger partial charge in [-0.25, -0.2) is 13.4 Å². The number of amides is 1. The summed E-state index contributed by atoms with van der Waals surface area (Å²) in [6, 6.07) is 20.8. The molecule has 0 saturated carbocycles. The fourth-order valence-corrected chi connectivity index (χ4v) is 5.48. The molecule has 1 aromatic heterocycles. The molecule has 0 fully saturated rings. The highest BCUT2D eigenvalue weighted by molar-refractivity contribution is 7.92. The van der Waals surface area contributed by atoms with Crippen molar-refractivity contribution in [3.8, 4) is 11.5 Å². The van der Waals surface area contributed by atoms with Crippen LogP contribution in [0.4, 0.5) is 5.13 Å². The number of sulfone groups is 1. The number of rotatable bonds is 8. The molecule has 0 spiro atoms. The Hall–Kier alpha value is -3.43. The van der Waals surface area contributed by atoms with E-state index in [4.69, 9.17) is 9.47 Å². The molecule has 4 aromatic rings. The van der Waals surface area contributed by atoms with Crippen LogP contribution in [-0.4, -0.2) is 39.3 Å². The van der Waals surface area contributed by atoms with Crippen LogP contribution >= 0.6 is 11.3 Å². The van der Waals surface area contributed by atoms with Gasteiger partial charge in [0, 0.05) is 0 Å². The van der Waals surface area contributed by atoms with Crippen molar-refractivity contribution in [3.05, 3.63) is 78.4 Å². The molecule has 4 rings (SSSR count). The summed E-state index contributed by atoms with van der Waals surface area (Å²) in [4.78, 5) is 19.4. The zero-order chi connectivity index (χ0) is 23.4. The van der Waals surface area contributed by atoms with Crippen molar-refractivity contribution in [2.75, 3.05) is 24.9 Å². The molecule has 0 unspecified atom stereocenters. The Morgan fingerprint density at radius 2 is 1.61 bits per heavy atom. The van der Waals surface area contributed by atoms with Gasteiger partial charge in [0.2, 0.25) is 5.91 Å². The van der Waals surface area contributed by atoms with Crippen LogP contribution in [0.2, 0.25) is 0 Å². The summed E-state index contributed by atoms with van der Waals surface area (Å²) in [5, 5.41) is 0.428. The van der Waals surface area contributed by atoms with Crippen molar-refractivity contribution in [2.45, 2.75) is 11.4 Å². The number of carbonyl (C=O) groups excluding carboxylic acids is 1. The van der Waals surface area contributed by atoms with Gasteiger partial charge in [0.1, 0.15) is 17.3 Å². The summed E-state index contributed by atoms with van der Waals surface area (Å²) in [6.45, 7) is 0.203. The van der Waals surface area contributed by atoms with Crippen molar-refractivity contribution in [1.29, 1.82) is 0 Å². The molecule has 33 heavy (non-hydrogen) atoms. The predicted molar refractivity (Wildman–Crippen MR) is 129 cm³/mol. The minimum absolute atomic E-state index is 0.0605. The summed E-state index contributed by atoms with van der Waals surface area (Å²) >= 11 is 1.31. The average molecular weight is 483 g/mol. The molecular formula is C24H22N2O5S2. The lowest BCUT2D eigenvalue weighted by atomic mass is 10.2. The van der Waals surface area contributed by atoms with E-state index in [1.165, 1.54) is 35.5 Å². The maximum absolute atomic E-state index is 13.3. The van der Waals surface area contributed by atoms with Crippen molar-refractivity contribution in [2.24, 2.45) is 0 Å². The van der Waals surface area contributed by atoms with E-state index in [0.717, 1.165) is 10.3 Å². The van der Waals surface area contributed by atoms with Gasteiger partial charge >= 0.3 is 0 Å². The SMILES string of the molecule is COc1ccc(S(=O)(=O)CC(=O)N(Cc2ccccc2)c2nc3ccc(OC)cc3s2)cc1. The van der Waals surface area contributed by atoms with Gasteiger partial charge in [0.05, 0.1) is 35.9 Å². The van der Waals surface area contributed by atoms with Crippen LogP contribution in [0.3, 0.4) is 0 Å². The van der Waals surface area contributed by atoms with E-state index in [9.17, 15) is 13.2 Å². The second kappa shape index (κ2) is 9.60. The van der Waals surface area contributed by atoms with E-state index in [2.05, 4.69) is 4.98 Å². The van der Waals surface area contributed by atoms with Crippen LogP contribution in [0.1, 0.15) is 5.56 Å². The molecule has 9 heteroatoms. The smallest absolute Gasteiger partial charge is 0.244 e. The van der Waals surface area contributed by atoms with Crippen molar-refractivity contribution in [3.63, 3.8) is 0 Å². The molecule has 7 nitrogen and oxygen atoms in total.